The van der Waals surface area contributed by atoms with Crippen molar-refractivity contribution in [3.8, 4) is 0 Å². The Morgan fingerprint density at radius 2 is 1.90 bits per heavy atom. The van der Waals surface area contributed by atoms with Crippen LogP contribution in [0.15, 0.2) is 12.3 Å². The molecule has 1 fully saturated rings. The van der Waals surface area contributed by atoms with Gasteiger partial charge in [-0.25, -0.2) is 0 Å². The summed E-state index contributed by atoms with van der Waals surface area (Å²) in [7, 11) is 0. The minimum Gasteiger partial charge on any atom is -0.297 e. The molecule has 1 aromatic rings. The Bertz CT molecular complexity index is 468. The monoisotopic (exact) mass is 291 g/mol. The standard InChI is InChI=1S/C17H29N3O/c1-5-15(6-2)20-12-9-14(18-20)13-16(21)17(3,4)19-10-7-8-11-19/h9,12,15H,5-8,10-11,13H2,1-4H3. The average molecular weight is 291 g/mol. The molecule has 0 aromatic carbocycles. The lowest BCUT2D eigenvalue weighted by atomic mass is 9.94. The van der Waals surface area contributed by atoms with Gasteiger partial charge < -0.3 is 0 Å². The van der Waals surface area contributed by atoms with E-state index in [0.29, 0.717) is 12.5 Å². The lowest BCUT2D eigenvalue weighted by molar-refractivity contribution is -0.128. The highest BCUT2D eigenvalue weighted by atomic mass is 16.1. The molecule has 0 bridgehead atoms. The minimum atomic E-state index is -0.366. The van der Waals surface area contributed by atoms with E-state index in [-0.39, 0.29) is 11.3 Å². The normalized spacial score (nSPS) is 16.8. The van der Waals surface area contributed by atoms with Crippen LogP contribution in [0.3, 0.4) is 0 Å². The van der Waals surface area contributed by atoms with Crippen LogP contribution in [0.25, 0.3) is 0 Å². The van der Waals surface area contributed by atoms with Gasteiger partial charge in [0.15, 0.2) is 5.78 Å². The molecule has 0 spiro atoms. The molecule has 1 aromatic heterocycles. The van der Waals surface area contributed by atoms with Crippen LogP contribution in [0.5, 0.6) is 0 Å². The van der Waals surface area contributed by atoms with E-state index in [4.69, 9.17) is 0 Å². The summed E-state index contributed by atoms with van der Waals surface area (Å²) in [5.74, 6) is 0.277. The maximum Gasteiger partial charge on any atom is 0.158 e. The molecule has 2 heterocycles. The van der Waals surface area contributed by atoms with E-state index in [2.05, 4.69) is 37.7 Å². The van der Waals surface area contributed by atoms with Gasteiger partial charge in [0.2, 0.25) is 0 Å². The number of ketones is 1. The second-order valence-electron chi connectivity index (χ2n) is 6.61. The third kappa shape index (κ3) is 3.54. The van der Waals surface area contributed by atoms with E-state index >= 15 is 0 Å². The van der Waals surface area contributed by atoms with Crippen LogP contribution in [0.1, 0.15) is 65.1 Å². The number of rotatable bonds is 7. The maximum atomic E-state index is 12.6. The fourth-order valence-corrected chi connectivity index (χ4v) is 3.17. The largest absolute Gasteiger partial charge is 0.297 e. The number of aromatic nitrogens is 2. The Morgan fingerprint density at radius 1 is 1.29 bits per heavy atom. The second-order valence-corrected chi connectivity index (χ2v) is 6.61. The summed E-state index contributed by atoms with van der Waals surface area (Å²) < 4.78 is 2.02. The van der Waals surface area contributed by atoms with Crippen molar-refractivity contribution in [3.05, 3.63) is 18.0 Å². The summed E-state index contributed by atoms with van der Waals surface area (Å²) >= 11 is 0. The van der Waals surface area contributed by atoms with Gasteiger partial charge in [0.05, 0.1) is 23.7 Å². The summed E-state index contributed by atoms with van der Waals surface area (Å²) in [5.41, 5.74) is 0.536. The van der Waals surface area contributed by atoms with E-state index in [0.717, 1.165) is 31.6 Å². The first kappa shape index (κ1) is 16.2. The van der Waals surface area contributed by atoms with Gasteiger partial charge in [0.25, 0.3) is 0 Å². The highest BCUT2D eigenvalue weighted by molar-refractivity contribution is 5.89. The molecule has 0 N–H and O–H groups in total. The molecule has 0 atom stereocenters. The van der Waals surface area contributed by atoms with Gasteiger partial charge in [-0.3, -0.25) is 14.4 Å². The fourth-order valence-electron chi connectivity index (χ4n) is 3.17. The average Bonchev–Trinajstić information content (AvgIpc) is 3.11. The van der Waals surface area contributed by atoms with Gasteiger partial charge in [-0.2, -0.15) is 5.10 Å². The molecule has 118 valence electrons. The van der Waals surface area contributed by atoms with Crippen molar-refractivity contribution in [3.63, 3.8) is 0 Å². The number of nitrogens with zero attached hydrogens (tertiary/aromatic N) is 3. The first-order valence-electron chi connectivity index (χ1n) is 8.31. The summed E-state index contributed by atoms with van der Waals surface area (Å²) in [6.07, 6.45) is 7.02. The molecule has 21 heavy (non-hydrogen) atoms. The highest BCUT2D eigenvalue weighted by Gasteiger charge is 2.35. The predicted octanol–water partition coefficient (Wildman–Crippen LogP) is 3.23. The molecular formula is C17H29N3O. The Hall–Kier alpha value is -1.16. The van der Waals surface area contributed by atoms with Crippen LogP contribution in [0.2, 0.25) is 0 Å². The summed E-state index contributed by atoms with van der Waals surface area (Å²) in [6.45, 7) is 10.5. The van der Waals surface area contributed by atoms with E-state index in [1.807, 2.05) is 16.9 Å². The number of hydrogen-bond donors (Lipinski definition) is 0. The van der Waals surface area contributed by atoms with Crippen molar-refractivity contribution in [2.75, 3.05) is 13.1 Å². The van der Waals surface area contributed by atoms with Crippen LogP contribution in [0.4, 0.5) is 0 Å². The van der Waals surface area contributed by atoms with Crippen molar-refractivity contribution in [2.24, 2.45) is 0 Å². The first-order chi connectivity index (χ1) is 9.98. The lowest BCUT2D eigenvalue weighted by Gasteiger charge is -2.33. The molecule has 1 aliphatic heterocycles. The Labute approximate surface area is 128 Å². The van der Waals surface area contributed by atoms with Crippen molar-refractivity contribution in [2.45, 2.75) is 71.4 Å². The molecule has 0 aliphatic carbocycles. The Kier molecular flexibility index (Phi) is 5.20. The molecule has 4 heteroatoms. The molecule has 2 rings (SSSR count). The van der Waals surface area contributed by atoms with Crippen LogP contribution in [-0.4, -0.2) is 39.1 Å². The van der Waals surface area contributed by atoms with E-state index in [1.165, 1.54) is 12.8 Å². The minimum absolute atomic E-state index is 0.277. The number of Topliss-reactive ketones (excluding diaryl/α,β-unsaturated/α-hetero) is 1. The van der Waals surface area contributed by atoms with E-state index in [1.54, 1.807) is 0 Å². The molecular weight excluding hydrogens is 262 g/mol. The van der Waals surface area contributed by atoms with Crippen LogP contribution < -0.4 is 0 Å². The third-order valence-corrected chi connectivity index (χ3v) is 4.90. The van der Waals surface area contributed by atoms with Gasteiger partial charge in [-0.1, -0.05) is 13.8 Å². The number of likely N-dealkylation sites (tertiary alicyclic amines) is 1. The predicted molar refractivity (Wildman–Crippen MR) is 85.4 cm³/mol. The zero-order chi connectivity index (χ0) is 15.5. The maximum absolute atomic E-state index is 12.6. The highest BCUT2D eigenvalue weighted by Crippen LogP contribution is 2.23. The molecule has 0 unspecified atom stereocenters. The number of carbonyl (C=O) groups excluding carboxylic acids is 1. The van der Waals surface area contributed by atoms with Gasteiger partial charge in [-0.05, 0) is 58.7 Å². The summed E-state index contributed by atoms with van der Waals surface area (Å²) in [6, 6.07) is 2.44. The SMILES string of the molecule is CCC(CC)n1ccc(CC(=O)C(C)(C)N2CCCC2)n1. The molecule has 4 nitrogen and oxygen atoms in total. The summed E-state index contributed by atoms with van der Waals surface area (Å²) in [4.78, 5) is 15.0. The van der Waals surface area contributed by atoms with Gasteiger partial charge in [-0.15, -0.1) is 0 Å². The van der Waals surface area contributed by atoms with E-state index < -0.39 is 0 Å². The van der Waals surface area contributed by atoms with Crippen molar-refractivity contribution < 1.29 is 4.79 Å². The second kappa shape index (κ2) is 6.73. The Balaban J connectivity index is 2.02. The lowest BCUT2D eigenvalue weighted by Crippen LogP contribution is -2.49. The zero-order valence-electron chi connectivity index (χ0n) is 13.9. The van der Waals surface area contributed by atoms with Crippen LogP contribution in [0, 0.1) is 0 Å². The zero-order valence-corrected chi connectivity index (χ0v) is 13.9. The first-order valence-corrected chi connectivity index (χ1v) is 8.31. The van der Waals surface area contributed by atoms with Gasteiger partial charge >= 0.3 is 0 Å². The van der Waals surface area contributed by atoms with E-state index in [9.17, 15) is 4.79 Å². The number of carbonyl (C=O) groups is 1. The number of hydrogen-bond acceptors (Lipinski definition) is 3. The smallest absolute Gasteiger partial charge is 0.158 e. The van der Waals surface area contributed by atoms with Crippen LogP contribution >= 0.6 is 0 Å². The van der Waals surface area contributed by atoms with Gasteiger partial charge in [0.1, 0.15) is 0 Å². The molecule has 1 aliphatic rings. The van der Waals surface area contributed by atoms with Crippen molar-refractivity contribution in [1.82, 2.24) is 14.7 Å². The van der Waals surface area contributed by atoms with Crippen molar-refractivity contribution in [1.29, 1.82) is 0 Å². The fraction of sp³-hybridized carbons (Fsp3) is 0.765. The van der Waals surface area contributed by atoms with Crippen molar-refractivity contribution >= 4 is 5.78 Å². The Morgan fingerprint density at radius 3 is 2.48 bits per heavy atom. The summed E-state index contributed by atoms with van der Waals surface area (Å²) in [5, 5.41) is 4.61. The quantitative estimate of drug-likeness (QED) is 0.774. The molecule has 0 radical (unpaired) electrons. The van der Waals surface area contributed by atoms with Gasteiger partial charge in [0, 0.05) is 6.20 Å². The molecule has 0 saturated carbocycles. The molecule has 0 amide bonds. The van der Waals surface area contributed by atoms with Crippen LogP contribution in [-0.2, 0) is 11.2 Å². The topological polar surface area (TPSA) is 38.1 Å². The third-order valence-electron chi connectivity index (χ3n) is 4.90. The molecule has 1 saturated heterocycles.